The topological polar surface area (TPSA) is 58.6 Å². The summed E-state index contributed by atoms with van der Waals surface area (Å²) in [5.41, 5.74) is -0.577. The fourth-order valence-corrected chi connectivity index (χ4v) is 1.86. The van der Waals surface area contributed by atoms with E-state index in [4.69, 9.17) is 4.74 Å². The third kappa shape index (κ3) is 3.47. The van der Waals surface area contributed by atoms with Gasteiger partial charge in [-0.15, -0.1) is 0 Å². The van der Waals surface area contributed by atoms with Crippen molar-refractivity contribution in [1.82, 2.24) is 5.32 Å². The number of rotatable bonds is 7. The van der Waals surface area contributed by atoms with E-state index in [1.54, 1.807) is 0 Å². The van der Waals surface area contributed by atoms with Crippen LogP contribution in [0.2, 0.25) is 0 Å². The van der Waals surface area contributed by atoms with Crippen molar-refractivity contribution in [2.75, 3.05) is 26.3 Å². The molecule has 88 valence electrons. The Labute approximate surface area is 91.0 Å². The van der Waals surface area contributed by atoms with Gasteiger partial charge in [-0.3, -0.25) is 4.79 Å². The van der Waals surface area contributed by atoms with Crippen LogP contribution in [0.15, 0.2) is 0 Å². The van der Waals surface area contributed by atoms with Gasteiger partial charge in [-0.25, -0.2) is 0 Å². The van der Waals surface area contributed by atoms with Crippen LogP contribution in [0.3, 0.4) is 0 Å². The molecule has 0 aromatic heterocycles. The molecule has 15 heavy (non-hydrogen) atoms. The van der Waals surface area contributed by atoms with Gasteiger partial charge in [0, 0.05) is 19.8 Å². The van der Waals surface area contributed by atoms with Crippen molar-refractivity contribution in [2.24, 2.45) is 5.41 Å². The van der Waals surface area contributed by atoms with Gasteiger partial charge in [-0.2, -0.15) is 0 Å². The number of ether oxygens (including phenoxy) is 1. The quantitative estimate of drug-likeness (QED) is 0.628. The highest BCUT2D eigenvalue weighted by molar-refractivity contribution is 5.75. The molecule has 0 saturated carbocycles. The predicted molar refractivity (Wildman–Crippen MR) is 57.9 cm³/mol. The van der Waals surface area contributed by atoms with Gasteiger partial charge < -0.3 is 15.2 Å². The van der Waals surface area contributed by atoms with Crippen LogP contribution in [0.4, 0.5) is 0 Å². The highest BCUT2D eigenvalue weighted by atomic mass is 16.5. The monoisotopic (exact) mass is 215 g/mol. The lowest BCUT2D eigenvalue weighted by atomic mass is 9.84. The first kappa shape index (κ1) is 12.5. The van der Waals surface area contributed by atoms with Crippen LogP contribution >= 0.6 is 0 Å². The van der Waals surface area contributed by atoms with E-state index >= 15 is 0 Å². The summed E-state index contributed by atoms with van der Waals surface area (Å²) < 4.78 is 5.42. The lowest BCUT2D eigenvalue weighted by molar-refractivity contribution is -0.149. The Morgan fingerprint density at radius 2 is 2.33 bits per heavy atom. The number of carbonyl (C=O) groups is 1. The summed E-state index contributed by atoms with van der Waals surface area (Å²) >= 11 is 0. The van der Waals surface area contributed by atoms with Crippen molar-refractivity contribution in [3.8, 4) is 0 Å². The summed E-state index contributed by atoms with van der Waals surface area (Å²) in [5, 5.41) is 12.3. The molecule has 4 nitrogen and oxygen atoms in total. The SMILES string of the molecule is CCCCOCCC1(C(=O)O)CCNC1. The van der Waals surface area contributed by atoms with Crippen molar-refractivity contribution in [3.05, 3.63) is 0 Å². The van der Waals surface area contributed by atoms with Gasteiger partial charge in [0.15, 0.2) is 0 Å². The number of aliphatic carboxylic acids is 1. The van der Waals surface area contributed by atoms with Crippen LogP contribution in [0.1, 0.15) is 32.6 Å². The normalized spacial score (nSPS) is 25.7. The summed E-state index contributed by atoms with van der Waals surface area (Å²) in [6.07, 6.45) is 3.52. The van der Waals surface area contributed by atoms with E-state index in [0.29, 0.717) is 19.6 Å². The standard InChI is InChI=1S/C11H21NO3/c1-2-3-7-15-8-5-11(10(13)14)4-6-12-9-11/h12H,2-9H2,1H3,(H,13,14). The van der Waals surface area contributed by atoms with E-state index in [1.165, 1.54) is 0 Å². The third-order valence-electron chi connectivity index (χ3n) is 3.06. The van der Waals surface area contributed by atoms with Crippen LogP contribution in [0, 0.1) is 5.41 Å². The molecule has 1 fully saturated rings. The van der Waals surface area contributed by atoms with Gasteiger partial charge in [0.1, 0.15) is 0 Å². The molecule has 4 heteroatoms. The van der Waals surface area contributed by atoms with Gasteiger partial charge in [0.2, 0.25) is 0 Å². The maximum atomic E-state index is 11.1. The summed E-state index contributed by atoms with van der Waals surface area (Å²) in [6.45, 7) is 4.82. The third-order valence-corrected chi connectivity index (χ3v) is 3.06. The van der Waals surface area contributed by atoms with Crippen molar-refractivity contribution >= 4 is 5.97 Å². The second-order valence-corrected chi connectivity index (χ2v) is 4.23. The molecule has 1 unspecified atom stereocenters. The number of unbranched alkanes of at least 4 members (excludes halogenated alkanes) is 1. The molecule has 1 rings (SSSR count). The van der Waals surface area contributed by atoms with E-state index in [9.17, 15) is 9.90 Å². The molecule has 1 atom stereocenters. The number of carboxylic acid groups (broad SMARTS) is 1. The van der Waals surface area contributed by atoms with Crippen LogP contribution in [-0.4, -0.2) is 37.4 Å². The van der Waals surface area contributed by atoms with E-state index in [1.807, 2.05) is 0 Å². The summed E-state index contributed by atoms with van der Waals surface area (Å²) in [4.78, 5) is 11.1. The Balaban J connectivity index is 2.24. The Morgan fingerprint density at radius 3 is 2.87 bits per heavy atom. The zero-order valence-corrected chi connectivity index (χ0v) is 9.42. The molecule has 0 bridgehead atoms. The average Bonchev–Trinajstić information content (AvgIpc) is 2.67. The maximum Gasteiger partial charge on any atom is 0.311 e. The number of hydrogen-bond acceptors (Lipinski definition) is 3. The fraction of sp³-hybridized carbons (Fsp3) is 0.909. The molecule has 0 aliphatic carbocycles. The lowest BCUT2D eigenvalue weighted by Gasteiger charge is -2.22. The number of carboxylic acids is 1. The smallest absolute Gasteiger partial charge is 0.311 e. The molecule has 0 spiro atoms. The van der Waals surface area contributed by atoms with Gasteiger partial charge in [0.05, 0.1) is 5.41 Å². The Morgan fingerprint density at radius 1 is 1.53 bits per heavy atom. The molecular weight excluding hydrogens is 194 g/mol. The molecule has 1 heterocycles. The highest BCUT2D eigenvalue weighted by Crippen LogP contribution is 2.29. The zero-order chi connectivity index (χ0) is 11.1. The largest absolute Gasteiger partial charge is 0.481 e. The van der Waals surface area contributed by atoms with E-state index in [2.05, 4.69) is 12.2 Å². The molecule has 0 amide bonds. The second kappa shape index (κ2) is 6.08. The fourth-order valence-electron chi connectivity index (χ4n) is 1.86. The zero-order valence-electron chi connectivity index (χ0n) is 9.42. The Bertz CT molecular complexity index is 200. The minimum atomic E-state index is -0.688. The maximum absolute atomic E-state index is 11.1. The first-order chi connectivity index (χ1) is 7.21. The van der Waals surface area contributed by atoms with E-state index in [-0.39, 0.29) is 0 Å². The molecule has 1 aliphatic rings. The van der Waals surface area contributed by atoms with Gasteiger partial charge in [0.25, 0.3) is 0 Å². The van der Waals surface area contributed by atoms with Crippen molar-refractivity contribution in [2.45, 2.75) is 32.6 Å². The van der Waals surface area contributed by atoms with Crippen molar-refractivity contribution < 1.29 is 14.6 Å². The van der Waals surface area contributed by atoms with Crippen molar-refractivity contribution in [1.29, 1.82) is 0 Å². The molecular formula is C11H21NO3. The minimum absolute atomic E-state index is 0.563. The first-order valence-electron chi connectivity index (χ1n) is 5.73. The summed E-state index contributed by atoms with van der Waals surface area (Å²) in [7, 11) is 0. The summed E-state index contributed by atoms with van der Waals surface area (Å²) in [5.74, 6) is -0.688. The van der Waals surface area contributed by atoms with Gasteiger partial charge in [-0.1, -0.05) is 13.3 Å². The molecule has 0 aromatic rings. The Hall–Kier alpha value is -0.610. The lowest BCUT2D eigenvalue weighted by Crippen LogP contribution is -2.34. The van der Waals surface area contributed by atoms with Crippen LogP contribution in [0.5, 0.6) is 0 Å². The van der Waals surface area contributed by atoms with E-state index in [0.717, 1.165) is 32.4 Å². The first-order valence-corrected chi connectivity index (χ1v) is 5.73. The summed E-state index contributed by atoms with van der Waals surface area (Å²) in [6, 6.07) is 0. The predicted octanol–water partition coefficient (Wildman–Crippen LogP) is 1.26. The van der Waals surface area contributed by atoms with Gasteiger partial charge in [-0.05, 0) is 25.8 Å². The molecule has 0 radical (unpaired) electrons. The van der Waals surface area contributed by atoms with Crippen LogP contribution in [-0.2, 0) is 9.53 Å². The van der Waals surface area contributed by atoms with Gasteiger partial charge >= 0.3 is 5.97 Å². The minimum Gasteiger partial charge on any atom is -0.481 e. The van der Waals surface area contributed by atoms with Crippen LogP contribution in [0.25, 0.3) is 0 Å². The van der Waals surface area contributed by atoms with E-state index < -0.39 is 11.4 Å². The Kier molecular flexibility index (Phi) is 5.05. The second-order valence-electron chi connectivity index (χ2n) is 4.23. The number of hydrogen-bond donors (Lipinski definition) is 2. The molecule has 1 saturated heterocycles. The average molecular weight is 215 g/mol. The molecule has 0 aromatic carbocycles. The van der Waals surface area contributed by atoms with Crippen molar-refractivity contribution in [3.63, 3.8) is 0 Å². The van der Waals surface area contributed by atoms with Crippen LogP contribution < -0.4 is 5.32 Å². The highest BCUT2D eigenvalue weighted by Gasteiger charge is 2.40. The molecule has 2 N–H and O–H groups in total. The number of nitrogens with one attached hydrogen (secondary N) is 1. The molecule has 1 aliphatic heterocycles.